The highest BCUT2D eigenvalue weighted by Crippen LogP contribution is 2.63. The van der Waals surface area contributed by atoms with Gasteiger partial charge in [-0.15, -0.1) is 22.7 Å². The number of fused-ring (bicyclic) bond motifs is 7. The summed E-state index contributed by atoms with van der Waals surface area (Å²) in [5, 5.41) is 36.9. The van der Waals surface area contributed by atoms with Crippen LogP contribution in [0.3, 0.4) is 0 Å². The monoisotopic (exact) mass is 668 g/mol. The maximum atomic E-state index is 9.22. The van der Waals surface area contributed by atoms with Crippen molar-refractivity contribution in [2.24, 2.45) is 9.98 Å². The van der Waals surface area contributed by atoms with Gasteiger partial charge in [-0.1, -0.05) is 19.3 Å². The SMILES string of the molecule is N#CC(C#N)=Nc1ccc(-c2cc3c(s2)-c2sc(-c4ccc(N=C(C#N)C#N)c5nsnc45)cc2C32CCCCC2)c2nsnc12. The van der Waals surface area contributed by atoms with Crippen molar-refractivity contribution < 1.29 is 0 Å². The van der Waals surface area contributed by atoms with E-state index in [0.717, 1.165) is 70.0 Å². The van der Waals surface area contributed by atoms with Crippen molar-refractivity contribution >= 4 is 91.0 Å². The lowest BCUT2D eigenvalue weighted by Crippen LogP contribution is -2.27. The van der Waals surface area contributed by atoms with E-state index in [1.54, 1.807) is 34.8 Å². The molecular formula is C32H16N10S4. The zero-order valence-electron chi connectivity index (χ0n) is 23.6. The number of hydrogen-bond acceptors (Lipinski definition) is 14. The average molecular weight is 669 g/mol. The van der Waals surface area contributed by atoms with Crippen LogP contribution in [0.4, 0.5) is 11.4 Å². The average Bonchev–Trinajstić information content (AvgIpc) is 3.93. The first-order chi connectivity index (χ1) is 22.6. The van der Waals surface area contributed by atoms with Gasteiger partial charge in [0.2, 0.25) is 11.4 Å². The highest BCUT2D eigenvalue weighted by Gasteiger charge is 2.46. The van der Waals surface area contributed by atoms with Gasteiger partial charge in [0, 0.05) is 36.1 Å². The number of aliphatic imine (C=N–C) groups is 2. The molecule has 4 aromatic heterocycles. The summed E-state index contributed by atoms with van der Waals surface area (Å²) in [4.78, 5) is 13.2. The molecule has 218 valence electrons. The molecule has 1 saturated carbocycles. The predicted octanol–water partition coefficient (Wildman–Crippen LogP) is 8.62. The van der Waals surface area contributed by atoms with Crippen molar-refractivity contribution in [1.82, 2.24) is 17.5 Å². The molecule has 4 heterocycles. The molecular weight excluding hydrogens is 653 g/mol. The van der Waals surface area contributed by atoms with Gasteiger partial charge in [-0.05, 0) is 60.4 Å². The summed E-state index contributed by atoms with van der Waals surface area (Å²) in [5.41, 5.74) is 7.66. The molecule has 0 radical (unpaired) electrons. The minimum Gasteiger partial charge on any atom is -0.225 e. The summed E-state index contributed by atoms with van der Waals surface area (Å²) in [6.45, 7) is 0. The summed E-state index contributed by atoms with van der Waals surface area (Å²) >= 11 is 5.70. The lowest BCUT2D eigenvalue weighted by molar-refractivity contribution is 0.354. The van der Waals surface area contributed by atoms with E-state index >= 15 is 0 Å². The molecule has 1 fully saturated rings. The van der Waals surface area contributed by atoms with Crippen molar-refractivity contribution in [3.8, 4) is 54.9 Å². The third-order valence-electron chi connectivity index (χ3n) is 8.62. The van der Waals surface area contributed by atoms with Crippen molar-refractivity contribution in [1.29, 1.82) is 21.0 Å². The minimum atomic E-state index is -0.223. The predicted molar refractivity (Wildman–Crippen MR) is 181 cm³/mol. The zero-order chi connectivity index (χ0) is 31.4. The fourth-order valence-electron chi connectivity index (χ4n) is 6.61. The van der Waals surface area contributed by atoms with Gasteiger partial charge in [0.15, 0.2) is 0 Å². The Morgan fingerprint density at radius 1 is 0.609 bits per heavy atom. The molecule has 0 amide bonds. The highest BCUT2D eigenvalue weighted by atomic mass is 32.1. The molecule has 0 aliphatic heterocycles. The lowest BCUT2D eigenvalue weighted by Gasteiger charge is -2.34. The second-order valence-corrected chi connectivity index (χ2v) is 14.1. The van der Waals surface area contributed by atoms with Crippen molar-refractivity contribution in [2.45, 2.75) is 37.5 Å². The number of rotatable bonds is 4. The Morgan fingerprint density at radius 2 is 1.04 bits per heavy atom. The molecule has 14 heteroatoms. The topological polar surface area (TPSA) is 171 Å². The first-order valence-corrected chi connectivity index (χ1v) is 17.3. The highest BCUT2D eigenvalue weighted by molar-refractivity contribution is 7.26. The normalized spacial score (nSPS) is 14.2. The van der Waals surface area contributed by atoms with Gasteiger partial charge in [-0.2, -0.15) is 38.5 Å². The van der Waals surface area contributed by atoms with Gasteiger partial charge in [0.1, 0.15) is 46.3 Å². The van der Waals surface area contributed by atoms with Gasteiger partial charge < -0.3 is 0 Å². The Bertz CT molecular complexity index is 2280. The first kappa shape index (κ1) is 28.3. The number of aromatic nitrogens is 4. The number of nitrogens with zero attached hydrogens (tertiary/aromatic N) is 10. The molecule has 0 unspecified atom stereocenters. The van der Waals surface area contributed by atoms with Gasteiger partial charge in [-0.3, -0.25) is 0 Å². The van der Waals surface area contributed by atoms with E-state index in [2.05, 4.69) is 39.6 Å². The third-order valence-corrected chi connectivity index (χ3v) is 12.2. The molecule has 0 bridgehead atoms. The van der Waals surface area contributed by atoms with E-state index in [9.17, 15) is 21.0 Å². The van der Waals surface area contributed by atoms with Crippen LogP contribution >= 0.6 is 46.1 Å². The van der Waals surface area contributed by atoms with Crippen LogP contribution in [0, 0.1) is 45.3 Å². The van der Waals surface area contributed by atoms with Crippen LogP contribution in [0.2, 0.25) is 0 Å². The molecule has 8 rings (SSSR count). The van der Waals surface area contributed by atoms with Gasteiger partial charge in [-0.25, -0.2) is 9.98 Å². The van der Waals surface area contributed by atoms with E-state index < -0.39 is 0 Å². The quantitative estimate of drug-likeness (QED) is 0.168. The van der Waals surface area contributed by atoms with Crippen LogP contribution in [0.1, 0.15) is 43.2 Å². The number of benzene rings is 2. The second kappa shape index (κ2) is 11.0. The lowest BCUT2D eigenvalue weighted by atomic mass is 9.68. The smallest absolute Gasteiger partial charge is 0.218 e. The number of nitriles is 4. The van der Waals surface area contributed by atoms with Gasteiger partial charge in [0.25, 0.3) is 0 Å². The standard InChI is InChI=1S/C32H16N10S4/c33-12-16(13-34)37-22-6-4-18(26-28(22)41-45-39-26)24-10-20-30(43-24)31-21(32(20)8-2-1-3-9-32)11-25(44-31)19-5-7-23(38-17(14-35)15-36)29-27(19)40-46-42-29/h4-7,10-11H,1-3,8-9H2. The summed E-state index contributed by atoms with van der Waals surface area (Å²) in [7, 11) is 0. The van der Waals surface area contributed by atoms with E-state index in [4.69, 9.17) is 0 Å². The summed E-state index contributed by atoms with van der Waals surface area (Å²) < 4.78 is 18.1. The Labute approximate surface area is 278 Å². The molecule has 1 spiro atoms. The van der Waals surface area contributed by atoms with Crippen molar-refractivity contribution in [3.05, 3.63) is 47.5 Å². The molecule has 0 N–H and O–H groups in total. The molecule has 6 aromatic rings. The van der Waals surface area contributed by atoms with Crippen LogP contribution in [0.5, 0.6) is 0 Å². The maximum absolute atomic E-state index is 9.22. The Kier molecular flexibility index (Phi) is 6.75. The van der Waals surface area contributed by atoms with Gasteiger partial charge in [0.05, 0.1) is 34.8 Å². The van der Waals surface area contributed by atoms with Gasteiger partial charge >= 0.3 is 0 Å². The van der Waals surface area contributed by atoms with Crippen LogP contribution < -0.4 is 0 Å². The summed E-state index contributed by atoms with van der Waals surface area (Å²) in [5.74, 6) is 0. The second-order valence-electron chi connectivity index (χ2n) is 10.9. The molecule has 46 heavy (non-hydrogen) atoms. The largest absolute Gasteiger partial charge is 0.225 e. The van der Waals surface area contributed by atoms with Crippen molar-refractivity contribution in [3.63, 3.8) is 0 Å². The van der Waals surface area contributed by atoms with E-state index in [-0.39, 0.29) is 16.8 Å². The Balaban J connectivity index is 1.27. The van der Waals surface area contributed by atoms with Crippen LogP contribution in [-0.4, -0.2) is 28.9 Å². The fourth-order valence-corrected chi connectivity index (χ4v) is 10.5. The van der Waals surface area contributed by atoms with Crippen molar-refractivity contribution in [2.75, 3.05) is 0 Å². The Morgan fingerprint density at radius 3 is 1.48 bits per heavy atom. The van der Waals surface area contributed by atoms with E-state index in [1.165, 1.54) is 27.3 Å². The van der Waals surface area contributed by atoms with Crippen LogP contribution in [0.25, 0.3) is 52.7 Å². The first-order valence-electron chi connectivity index (χ1n) is 14.2. The molecule has 2 aromatic carbocycles. The molecule has 0 atom stereocenters. The summed E-state index contributed by atoms with van der Waals surface area (Å²) in [6, 6.07) is 19.5. The third kappa shape index (κ3) is 4.20. The number of hydrogen-bond donors (Lipinski definition) is 0. The molecule has 2 aliphatic rings. The summed E-state index contributed by atoms with van der Waals surface area (Å²) in [6.07, 6.45) is 5.71. The van der Waals surface area contributed by atoms with E-state index in [0.29, 0.717) is 33.4 Å². The molecule has 2 aliphatic carbocycles. The van der Waals surface area contributed by atoms with E-state index in [1.807, 2.05) is 36.4 Å². The molecule has 0 saturated heterocycles. The Hall–Kier alpha value is -5.22. The fraction of sp³-hybridized carbons (Fsp3) is 0.188. The minimum absolute atomic E-state index is 0.0667. The zero-order valence-corrected chi connectivity index (χ0v) is 26.9. The molecule has 10 nitrogen and oxygen atoms in total. The van der Waals surface area contributed by atoms with Crippen LogP contribution in [0.15, 0.2) is 46.4 Å². The maximum Gasteiger partial charge on any atom is 0.218 e. The number of thiophene rings is 2. The van der Waals surface area contributed by atoms with Crippen LogP contribution in [-0.2, 0) is 5.41 Å².